The Morgan fingerprint density at radius 1 is 0.471 bits per heavy atom. The van der Waals surface area contributed by atoms with Crippen molar-refractivity contribution in [1.29, 1.82) is 0 Å². The van der Waals surface area contributed by atoms with Gasteiger partial charge in [-0.25, -0.2) is 4.79 Å². The molecular weight excluding hydrogens is 629 g/mol. The summed E-state index contributed by atoms with van der Waals surface area (Å²) in [5, 5.41) is 11.8. The summed E-state index contributed by atoms with van der Waals surface area (Å²) < 4.78 is 0. The average molecular weight is 671 g/mol. The summed E-state index contributed by atoms with van der Waals surface area (Å²) in [6.07, 6.45) is 4.66. The number of hydrogen-bond donors (Lipinski definition) is 5. The summed E-state index contributed by atoms with van der Waals surface area (Å²) in [5.41, 5.74) is 26.2. The van der Waals surface area contributed by atoms with Crippen LogP contribution in [0.2, 0.25) is 0 Å². The van der Waals surface area contributed by atoms with Crippen LogP contribution in [0.15, 0.2) is 151 Å². The van der Waals surface area contributed by atoms with Crippen molar-refractivity contribution in [2.45, 2.75) is 38.5 Å². The number of rotatable bonds is 5. The third kappa shape index (κ3) is 7.36. The third-order valence-electron chi connectivity index (χ3n) is 9.68. The van der Waals surface area contributed by atoms with E-state index in [-0.39, 0.29) is 5.56 Å². The molecule has 7 N–H and O–H groups in total. The standard InChI is InChI=1S/C45H42N4O2/c46-37-20-10-18-35(30-12-4-1-5-13-30)39-26-27-40(48-39)36(31-14-6-2-7-15-31)19-11-21-38(47)44(33-22-24-34(25-23-33)45(50)51)42-29-28-41(49-42)43(37)32-16-8-3-9-17-32/h1-9,12-17,22-29,48-49H,10-11,18-21,46-47H2,(H,50,51)/b39-35+,40-36+,43-37-,44-38-. The lowest BCUT2D eigenvalue weighted by Gasteiger charge is -2.15. The third-order valence-corrected chi connectivity index (χ3v) is 9.68. The fraction of sp³-hybridized carbons (Fsp3) is 0.133. The van der Waals surface area contributed by atoms with Gasteiger partial charge in [0, 0.05) is 44.6 Å². The minimum Gasteiger partial charge on any atom is -0.478 e. The van der Waals surface area contributed by atoms with Crippen molar-refractivity contribution in [3.8, 4) is 0 Å². The van der Waals surface area contributed by atoms with E-state index in [0.29, 0.717) is 12.8 Å². The Bertz CT molecular complexity index is 2330. The van der Waals surface area contributed by atoms with Crippen molar-refractivity contribution in [2.24, 2.45) is 11.5 Å². The molecule has 1 aliphatic rings. The van der Waals surface area contributed by atoms with Gasteiger partial charge in [0.1, 0.15) is 0 Å². The molecule has 0 radical (unpaired) electrons. The van der Waals surface area contributed by atoms with Crippen LogP contribution in [0.25, 0.3) is 22.3 Å². The van der Waals surface area contributed by atoms with Gasteiger partial charge >= 0.3 is 5.97 Å². The molecule has 0 aliphatic carbocycles. The molecule has 0 fully saturated rings. The zero-order chi connectivity index (χ0) is 35.2. The van der Waals surface area contributed by atoms with Gasteiger partial charge in [-0.1, -0.05) is 103 Å². The minimum absolute atomic E-state index is 0.229. The highest BCUT2D eigenvalue weighted by Crippen LogP contribution is 2.33. The number of allylic oxidation sites excluding steroid dienone is 2. The number of nitrogens with one attached hydrogen (secondary N) is 2. The number of nitrogens with two attached hydrogens (primary N) is 2. The highest BCUT2D eigenvalue weighted by atomic mass is 16.4. The Morgan fingerprint density at radius 2 is 0.882 bits per heavy atom. The zero-order valence-corrected chi connectivity index (χ0v) is 28.5. The van der Waals surface area contributed by atoms with E-state index in [1.165, 1.54) is 22.3 Å². The van der Waals surface area contributed by atoms with Gasteiger partial charge in [0.05, 0.1) is 5.56 Å². The van der Waals surface area contributed by atoms with Crippen LogP contribution in [0.5, 0.6) is 0 Å². The smallest absolute Gasteiger partial charge is 0.335 e. The molecule has 1 aliphatic heterocycles. The molecule has 0 saturated carbocycles. The first-order chi connectivity index (χ1) is 25.0. The fourth-order valence-corrected chi connectivity index (χ4v) is 7.15. The predicted molar refractivity (Wildman–Crippen MR) is 207 cm³/mol. The predicted octanol–water partition coefficient (Wildman–Crippen LogP) is 7.93. The van der Waals surface area contributed by atoms with E-state index in [2.05, 4.69) is 101 Å². The SMILES string of the molecule is N/C1=C(/c2ccccc2)c2ccc([nH]2)/C(c2ccc(C(=O)O)cc2)=C(\N)CCC/C(c2ccccc2)=c2/cc/c([nH]2)=C(\c2ccccc2)CCC1. The molecule has 0 unspecified atom stereocenters. The molecule has 4 aromatic carbocycles. The normalized spacial score (nSPS) is 19.6. The fourth-order valence-electron chi connectivity index (χ4n) is 7.15. The molecule has 0 spiro atoms. The van der Waals surface area contributed by atoms with Gasteiger partial charge in [0.25, 0.3) is 0 Å². The van der Waals surface area contributed by atoms with Crippen LogP contribution in [-0.4, -0.2) is 21.0 Å². The first kappa shape index (κ1) is 33.2. The van der Waals surface area contributed by atoms with Gasteiger partial charge < -0.3 is 26.5 Å². The second-order valence-corrected chi connectivity index (χ2v) is 13.0. The first-order valence-corrected chi connectivity index (χ1v) is 17.5. The Balaban J connectivity index is 1.41. The molecule has 51 heavy (non-hydrogen) atoms. The molecule has 7 rings (SSSR count). The molecule has 254 valence electrons. The summed E-state index contributed by atoms with van der Waals surface area (Å²) >= 11 is 0. The maximum Gasteiger partial charge on any atom is 0.335 e. The van der Waals surface area contributed by atoms with E-state index in [0.717, 1.165) is 81.4 Å². The first-order valence-electron chi connectivity index (χ1n) is 17.5. The number of aromatic nitrogens is 2. The highest BCUT2D eigenvalue weighted by molar-refractivity contribution is 5.89. The Hall–Kier alpha value is -6.27. The number of H-pyrrole nitrogens is 2. The lowest BCUT2D eigenvalue weighted by Crippen LogP contribution is -2.17. The maximum atomic E-state index is 11.7. The largest absolute Gasteiger partial charge is 0.478 e. The topological polar surface area (TPSA) is 121 Å². The van der Waals surface area contributed by atoms with Gasteiger partial charge in [-0.15, -0.1) is 0 Å². The molecule has 3 heterocycles. The van der Waals surface area contributed by atoms with Gasteiger partial charge in [-0.05, 0) is 108 Å². The van der Waals surface area contributed by atoms with E-state index in [4.69, 9.17) is 11.5 Å². The van der Waals surface area contributed by atoms with E-state index in [9.17, 15) is 9.90 Å². The van der Waals surface area contributed by atoms with Crippen LogP contribution >= 0.6 is 0 Å². The van der Waals surface area contributed by atoms with Crippen molar-refractivity contribution in [1.82, 2.24) is 9.97 Å². The van der Waals surface area contributed by atoms with Gasteiger partial charge in [0.15, 0.2) is 0 Å². The molecule has 0 amide bonds. The summed E-state index contributed by atoms with van der Waals surface area (Å²) in [7, 11) is 0. The van der Waals surface area contributed by atoms with Gasteiger partial charge in [-0.3, -0.25) is 0 Å². The van der Waals surface area contributed by atoms with E-state index < -0.39 is 5.97 Å². The summed E-state index contributed by atoms with van der Waals surface area (Å²) in [6.45, 7) is 0. The molecule has 6 aromatic rings. The molecule has 0 atom stereocenters. The lowest BCUT2D eigenvalue weighted by molar-refractivity contribution is 0.0697. The van der Waals surface area contributed by atoms with Crippen molar-refractivity contribution in [3.05, 3.63) is 201 Å². The average Bonchev–Trinajstić information content (AvgIpc) is 3.84. The van der Waals surface area contributed by atoms with Crippen LogP contribution < -0.4 is 22.2 Å². The minimum atomic E-state index is -0.964. The van der Waals surface area contributed by atoms with Crippen LogP contribution in [0, 0.1) is 0 Å². The van der Waals surface area contributed by atoms with Gasteiger partial charge in [0.2, 0.25) is 0 Å². The van der Waals surface area contributed by atoms with Crippen molar-refractivity contribution >= 4 is 28.3 Å². The Labute approximate surface area is 298 Å². The van der Waals surface area contributed by atoms with Crippen LogP contribution in [-0.2, 0) is 0 Å². The van der Waals surface area contributed by atoms with Crippen LogP contribution in [0.1, 0.15) is 82.5 Å². The molecule has 6 nitrogen and oxygen atoms in total. The lowest BCUT2D eigenvalue weighted by atomic mass is 9.95. The van der Waals surface area contributed by atoms with E-state index in [1.807, 2.05) is 36.4 Å². The molecule has 0 saturated heterocycles. The number of fused-ring (bicyclic) bond motifs is 4. The number of aromatic carboxylic acids is 1. The number of carbonyl (C=O) groups is 1. The number of carboxylic acid groups (broad SMARTS) is 1. The van der Waals surface area contributed by atoms with Gasteiger partial charge in [-0.2, -0.15) is 0 Å². The van der Waals surface area contributed by atoms with Crippen LogP contribution in [0.4, 0.5) is 0 Å². The van der Waals surface area contributed by atoms with E-state index in [1.54, 1.807) is 12.1 Å². The van der Waals surface area contributed by atoms with Crippen molar-refractivity contribution in [3.63, 3.8) is 0 Å². The Morgan fingerprint density at radius 3 is 1.31 bits per heavy atom. The molecular formula is C45H42N4O2. The van der Waals surface area contributed by atoms with Crippen molar-refractivity contribution < 1.29 is 9.90 Å². The zero-order valence-electron chi connectivity index (χ0n) is 28.5. The quantitative estimate of drug-likeness (QED) is 0.128. The number of aromatic amines is 2. The molecule has 6 heteroatoms. The summed E-state index contributed by atoms with van der Waals surface area (Å²) in [6, 6.07) is 46.9. The van der Waals surface area contributed by atoms with Crippen LogP contribution in [0.3, 0.4) is 0 Å². The van der Waals surface area contributed by atoms with Crippen molar-refractivity contribution in [2.75, 3.05) is 0 Å². The second kappa shape index (κ2) is 15.1. The maximum absolute atomic E-state index is 11.7. The molecule has 2 aromatic heterocycles. The monoisotopic (exact) mass is 670 g/mol. The highest BCUT2D eigenvalue weighted by Gasteiger charge is 2.18. The summed E-state index contributed by atoms with van der Waals surface area (Å²) in [5.74, 6) is -0.964. The Kier molecular flexibility index (Phi) is 9.84. The number of hydrogen-bond acceptors (Lipinski definition) is 3. The summed E-state index contributed by atoms with van der Waals surface area (Å²) in [4.78, 5) is 19.2. The number of benzene rings is 4. The molecule has 4 bridgehead atoms. The van der Waals surface area contributed by atoms with E-state index >= 15 is 0 Å². The second-order valence-electron chi connectivity index (χ2n) is 13.0. The number of carboxylic acids is 1.